The average molecular weight is 278 g/mol. The van der Waals surface area contributed by atoms with Crippen LogP contribution in [0.25, 0.3) is 0 Å². The van der Waals surface area contributed by atoms with Crippen molar-refractivity contribution in [3.63, 3.8) is 0 Å². The van der Waals surface area contributed by atoms with Crippen LogP contribution >= 0.6 is 0 Å². The third-order valence-corrected chi connectivity index (χ3v) is 6.32. The Balaban J connectivity index is 1.34. The van der Waals surface area contributed by atoms with Crippen LogP contribution < -0.4 is 5.73 Å². The minimum Gasteiger partial charge on any atom is -0.328 e. The Morgan fingerprint density at radius 3 is 2.20 bits per heavy atom. The Morgan fingerprint density at radius 1 is 0.650 bits per heavy atom. The molecule has 0 aliphatic carbocycles. The van der Waals surface area contributed by atoms with Crippen LogP contribution in [0.4, 0.5) is 0 Å². The summed E-state index contributed by atoms with van der Waals surface area (Å²) in [6, 6.07) is 3.04. The molecule has 0 bridgehead atoms. The third-order valence-electron chi connectivity index (χ3n) is 6.32. The molecule has 4 heteroatoms. The molecule has 4 heterocycles. The lowest BCUT2D eigenvalue weighted by atomic mass is 10.0. The van der Waals surface area contributed by atoms with Gasteiger partial charge in [-0.25, -0.2) is 0 Å². The van der Waals surface area contributed by atoms with E-state index in [1.54, 1.807) is 0 Å². The lowest BCUT2D eigenvalue weighted by Crippen LogP contribution is -2.47. The summed E-state index contributed by atoms with van der Waals surface area (Å²) in [4.78, 5) is 8.30. The number of hydrogen-bond donors (Lipinski definition) is 1. The number of nitrogens with two attached hydrogens (primary N) is 1. The van der Waals surface area contributed by atoms with Crippen molar-refractivity contribution in [2.75, 3.05) is 39.3 Å². The molecule has 0 amide bonds. The topological polar surface area (TPSA) is 35.7 Å². The summed E-state index contributed by atoms with van der Waals surface area (Å²) < 4.78 is 0. The lowest BCUT2D eigenvalue weighted by Gasteiger charge is -2.35. The first-order chi connectivity index (χ1) is 9.81. The van der Waals surface area contributed by atoms with Gasteiger partial charge in [0.05, 0.1) is 0 Å². The van der Waals surface area contributed by atoms with Crippen LogP contribution in [0.2, 0.25) is 0 Å². The molecule has 0 aromatic carbocycles. The molecular formula is C16H30N4. The van der Waals surface area contributed by atoms with Crippen LogP contribution in [0.15, 0.2) is 0 Å². The van der Waals surface area contributed by atoms with Crippen LogP contribution in [0.5, 0.6) is 0 Å². The zero-order chi connectivity index (χ0) is 13.5. The minimum absolute atomic E-state index is 0.464. The van der Waals surface area contributed by atoms with Gasteiger partial charge in [-0.15, -0.1) is 0 Å². The maximum Gasteiger partial charge on any atom is 0.0264 e. The van der Waals surface area contributed by atoms with Crippen LogP contribution in [0.1, 0.15) is 38.5 Å². The van der Waals surface area contributed by atoms with Gasteiger partial charge in [-0.3, -0.25) is 14.7 Å². The van der Waals surface area contributed by atoms with Gasteiger partial charge in [-0.05, 0) is 58.2 Å². The molecule has 20 heavy (non-hydrogen) atoms. The summed E-state index contributed by atoms with van der Waals surface area (Å²) in [6.07, 6.45) is 8.10. The van der Waals surface area contributed by atoms with Gasteiger partial charge in [0, 0.05) is 43.8 Å². The van der Waals surface area contributed by atoms with E-state index < -0.39 is 0 Å². The fourth-order valence-electron chi connectivity index (χ4n) is 5.13. The van der Waals surface area contributed by atoms with Crippen molar-refractivity contribution in [3.8, 4) is 0 Å². The van der Waals surface area contributed by atoms with E-state index in [0.29, 0.717) is 6.04 Å². The highest BCUT2D eigenvalue weighted by atomic mass is 15.3. The van der Waals surface area contributed by atoms with E-state index in [1.807, 2.05) is 0 Å². The molecule has 0 aromatic heterocycles. The summed E-state index contributed by atoms with van der Waals surface area (Å²) in [5.41, 5.74) is 6.04. The smallest absolute Gasteiger partial charge is 0.0264 e. The maximum atomic E-state index is 6.04. The van der Waals surface area contributed by atoms with E-state index in [9.17, 15) is 0 Å². The molecule has 0 radical (unpaired) electrons. The lowest BCUT2D eigenvalue weighted by molar-refractivity contribution is 0.136. The highest BCUT2D eigenvalue weighted by molar-refractivity contribution is 5.00. The highest BCUT2D eigenvalue weighted by Gasteiger charge is 2.42. The van der Waals surface area contributed by atoms with Crippen molar-refractivity contribution in [2.24, 2.45) is 5.73 Å². The molecule has 114 valence electrons. The number of hydrogen-bond acceptors (Lipinski definition) is 4. The molecule has 3 unspecified atom stereocenters. The minimum atomic E-state index is 0.464. The first-order valence-corrected chi connectivity index (χ1v) is 8.79. The largest absolute Gasteiger partial charge is 0.328 e. The van der Waals surface area contributed by atoms with Gasteiger partial charge in [-0.2, -0.15) is 0 Å². The van der Waals surface area contributed by atoms with Gasteiger partial charge in [0.15, 0.2) is 0 Å². The Bertz CT molecular complexity index is 339. The molecule has 0 spiro atoms. The first kappa shape index (κ1) is 13.5. The van der Waals surface area contributed by atoms with E-state index in [4.69, 9.17) is 5.73 Å². The second-order valence-corrected chi connectivity index (χ2v) is 7.41. The molecule has 4 aliphatic heterocycles. The predicted octanol–water partition coefficient (Wildman–Crippen LogP) is 0.721. The predicted molar refractivity (Wildman–Crippen MR) is 81.8 cm³/mol. The Kier molecular flexibility index (Phi) is 3.75. The molecule has 4 rings (SSSR count). The van der Waals surface area contributed by atoms with E-state index in [2.05, 4.69) is 14.7 Å². The summed E-state index contributed by atoms with van der Waals surface area (Å²) in [6.45, 7) is 7.85. The molecule has 0 saturated carbocycles. The zero-order valence-corrected chi connectivity index (χ0v) is 12.7. The van der Waals surface area contributed by atoms with Gasteiger partial charge in [0.1, 0.15) is 0 Å². The van der Waals surface area contributed by atoms with Crippen LogP contribution in [-0.4, -0.2) is 78.1 Å². The normalized spacial score (nSPS) is 41.5. The van der Waals surface area contributed by atoms with Gasteiger partial charge in [-0.1, -0.05) is 0 Å². The zero-order valence-electron chi connectivity index (χ0n) is 12.7. The maximum absolute atomic E-state index is 6.04. The van der Waals surface area contributed by atoms with E-state index in [1.165, 1.54) is 77.8 Å². The van der Waals surface area contributed by atoms with Crippen LogP contribution in [0, 0.1) is 0 Å². The standard InChI is InChI=1S/C16H30N4/c17-13-3-8-18(9-4-13)14-5-10-20(12-14)16-6-11-19-7-1-2-15(16)19/h13-16H,1-12,17H2. The molecule has 4 nitrogen and oxygen atoms in total. The van der Waals surface area contributed by atoms with Gasteiger partial charge in [0.25, 0.3) is 0 Å². The second-order valence-electron chi connectivity index (χ2n) is 7.41. The van der Waals surface area contributed by atoms with Crippen molar-refractivity contribution in [2.45, 2.75) is 62.7 Å². The number of likely N-dealkylation sites (tertiary alicyclic amines) is 2. The molecule has 4 aliphatic rings. The first-order valence-electron chi connectivity index (χ1n) is 8.79. The number of piperidine rings is 1. The highest BCUT2D eigenvalue weighted by Crippen LogP contribution is 2.33. The molecular weight excluding hydrogens is 248 g/mol. The average Bonchev–Trinajstić information content (AvgIpc) is 3.15. The third kappa shape index (κ3) is 2.41. The van der Waals surface area contributed by atoms with Crippen molar-refractivity contribution in [3.05, 3.63) is 0 Å². The molecule has 4 fully saturated rings. The fraction of sp³-hybridized carbons (Fsp3) is 1.00. The van der Waals surface area contributed by atoms with Gasteiger partial charge < -0.3 is 5.73 Å². The number of fused-ring (bicyclic) bond motifs is 1. The van der Waals surface area contributed by atoms with Crippen molar-refractivity contribution < 1.29 is 0 Å². The van der Waals surface area contributed by atoms with Crippen molar-refractivity contribution in [1.82, 2.24) is 14.7 Å². The van der Waals surface area contributed by atoms with Gasteiger partial charge in [0.2, 0.25) is 0 Å². The van der Waals surface area contributed by atoms with E-state index >= 15 is 0 Å². The quantitative estimate of drug-likeness (QED) is 0.807. The summed E-state index contributed by atoms with van der Waals surface area (Å²) in [5, 5.41) is 0. The van der Waals surface area contributed by atoms with Crippen LogP contribution in [-0.2, 0) is 0 Å². The number of nitrogens with zero attached hydrogens (tertiary/aromatic N) is 3. The SMILES string of the molecule is NC1CCN(C2CCN(C3CCN4CCCC34)C2)CC1. The van der Waals surface area contributed by atoms with Gasteiger partial charge >= 0.3 is 0 Å². The Hall–Kier alpha value is -0.160. The Morgan fingerprint density at radius 2 is 1.35 bits per heavy atom. The van der Waals surface area contributed by atoms with Crippen molar-refractivity contribution >= 4 is 0 Å². The second kappa shape index (κ2) is 5.56. The fourth-order valence-corrected chi connectivity index (χ4v) is 5.13. The number of rotatable bonds is 2. The molecule has 3 atom stereocenters. The molecule has 4 saturated heterocycles. The summed E-state index contributed by atoms with van der Waals surface area (Å²) >= 11 is 0. The van der Waals surface area contributed by atoms with E-state index in [-0.39, 0.29) is 0 Å². The van der Waals surface area contributed by atoms with E-state index in [0.717, 1.165) is 18.1 Å². The molecule has 2 N–H and O–H groups in total. The monoisotopic (exact) mass is 278 g/mol. The van der Waals surface area contributed by atoms with Crippen molar-refractivity contribution in [1.29, 1.82) is 0 Å². The summed E-state index contributed by atoms with van der Waals surface area (Å²) in [7, 11) is 0. The Labute approximate surface area is 123 Å². The van der Waals surface area contributed by atoms with Crippen LogP contribution in [0.3, 0.4) is 0 Å². The summed E-state index contributed by atoms with van der Waals surface area (Å²) in [5.74, 6) is 0. The molecule has 0 aromatic rings.